The molecule has 3 heteroatoms. The number of hydrogen-bond donors (Lipinski definition) is 0. The predicted octanol–water partition coefficient (Wildman–Crippen LogP) is 3.78. The van der Waals surface area contributed by atoms with Gasteiger partial charge in [0.2, 0.25) is 11.2 Å². The highest BCUT2D eigenvalue weighted by Crippen LogP contribution is 2.31. The first-order valence-corrected chi connectivity index (χ1v) is 6.38. The summed E-state index contributed by atoms with van der Waals surface area (Å²) in [6.45, 7) is 1.89. The Morgan fingerprint density at radius 2 is 1.75 bits per heavy atom. The normalized spacial score (nSPS) is 10.7. The van der Waals surface area contributed by atoms with E-state index in [0.717, 1.165) is 11.1 Å². The second-order valence-electron chi connectivity index (χ2n) is 4.61. The summed E-state index contributed by atoms with van der Waals surface area (Å²) < 4.78 is 11.2. The van der Waals surface area contributed by atoms with Crippen LogP contribution in [0, 0.1) is 6.92 Å². The van der Waals surface area contributed by atoms with Crippen molar-refractivity contribution in [3.8, 4) is 17.1 Å². The fourth-order valence-corrected chi connectivity index (χ4v) is 2.35. The minimum Gasteiger partial charge on any atom is -0.490 e. The molecule has 0 aliphatic carbocycles. The van der Waals surface area contributed by atoms with Crippen molar-refractivity contribution in [2.24, 2.45) is 0 Å². The van der Waals surface area contributed by atoms with Gasteiger partial charge in [0.1, 0.15) is 5.58 Å². The van der Waals surface area contributed by atoms with E-state index in [9.17, 15) is 4.79 Å². The minimum atomic E-state index is -0.134. The molecule has 100 valence electrons. The average Bonchev–Trinajstić information content (AvgIpc) is 2.48. The van der Waals surface area contributed by atoms with E-state index in [4.69, 9.17) is 9.15 Å². The number of rotatable bonds is 2. The zero-order valence-electron chi connectivity index (χ0n) is 11.3. The third-order valence-corrected chi connectivity index (χ3v) is 3.33. The van der Waals surface area contributed by atoms with Crippen molar-refractivity contribution in [3.63, 3.8) is 0 Å². The van der Waals surface area contributed by atoms with Gasteiger partial charge in [0, 0.05) is 5.56 Å². The molecule has 1 heterocycles. The van der Waals surface area contributed by atoms with Gasteiger partial charge in [-0.25, -0.2) is 0 Å². The van der Waals surface area contributed by atoms with Crippen molar-refractivity contribution < 1.29 is 9.15 Å². The quantitative estimate of drug-likeness (QED) is 0.708. The standard InChI is InChI=1S/C17H14O3/c1-11-7-6-10-13-14(11)15(18)17(19-2)16(20-13)12-8-4-3-5-9-12/h3-10H,1-2H3. The molecule has 0 amide bonds. The van der Waals surface area contributed by atoms with Crippen LogP contribution >= 0.6 is 0 Å². The lowest BCUT2D eigenvalue weighted by molar-refractivity contribution is 0.398. The van der Waals surface area contributed by atoms with Gasteiger partial charge in [-0.15, -0.1) is 0 Å². The molecule has 0 unspecified atom stereocenters. The van der Waals surface area contributed by atoms with Crippen LogP contribution in [0.1, 0.15) is 5.56 Å². The van der Waals surface area contributed by atoms with E-state index in [1.54, 1.807) is 6.07 Å². The van der Waals surface area contributed by atoms with Crippen LogP contribution in [0.3, 0.4) is 0 Å². The molecule has 0 spiro atoms. The largest absolute Gasteiger partial charge is 0.490 e. The molecule has 0 aliphatic rings. The highest BCUT2D eigenvalue weighted by Gasteiger charge is 2.17. The summed E-state index contributed by atoms with van der Waals surface area (Å²) in [6.07, 6.45) is 0. The van der Waals surface area contributed by atoms with Gasteiger partial charge >= 0.3 is 0 Å². The summed E-state index contributed by atoms with van der Waals surface area (Å²) in [5.41, 5.74) is 2.15. The Bertz CT molecular complexity index is 817. The topological polar surface area (TPSA) is 39.4 Å². The van der Waals surface area contributed by atoms with Crippen LogP contribution in [0.4, 0.5) is 0 Å². The molecule has 0 saturated heterocycles. The van der Waals surface area contributed by atoms with Gasteiger partial charge in [0.15, 0.2) is 5.76 Å². The minimum absolute atomic E-state index is 0.134. The van der Waals surface area contributed by atoms with Crippen LogP contribution in [0.5, 0.6) is 5.75 Å². The first-order valence-electron chi connectivity index (χ1n) is 6.38. The van der Waals surface area contributed by atoms with Crippen molar-refractivity contribution in [3.05, 3.63) is 64.3 Å². The molecule has 0 bridgehead atoms. The number of fused-ring (bicyclic) bond motifs is 1. The molecule has 0 N–H and O–H groups in total. The van der Waals surface area contributed by atoms with E-state index in [2.05, 4.69) is 0 Å². The summed E-state index contributed by atoms with van der Waals surface area (Å²) in [6, 6.07) is 15.1. The maximum absolute atomic E-state index is 12.6. The van der Waals surface area contributed by atoms with E-state index in [1.165, 1.54) is 7.11 Å². The fourth-order valence-electron chi connectivity index (χ4n) is 2.35. The Labute approximate surface area is 116 Å². The van der Waals surface area contributed by atoms with E-state index in [1.807, 2.05) is 49.4 Å². The van der Waals surface area contributed by atoms with Gasteiger partial charge in [-0.05, 0) is 18.6 Å². The van der Waals surface area contributed by atoms with Gasteiger partial charge in [0.25, 0.3) is 0 Å². The maximum Gasteiger partial charge on any atom is 0.235 e. The second-order valence-corrected chi connectivity index (χ2v) is 4.61. The number of methoxy groups -OCH3 is 1. The third kappa shape index (κ3) is 1.88. The van der Waals surface area contributed by atoms with Crippen molar-refractivity contribution in [2.75, 3.05) is 7.11 Å². The van der Waals surface area contributed by atoms with Gasteiger partial charge < -0.3 is 9.15 Å². The van der Waals surface area contributed by atoms with Gasteiger partial charge in [-0.1, -0.05) is 42.5 Å². The molecule has 0 saturated carbocycles. The van der Waals surface area contributed by atoms with E-state index in [0.29, 0.717) is 16.7 Å². The number of aryl methyl sites for hydroxylation is 1. The second kappa shape index (κ2) is 4.85. The number of ether oxygens (including phenoxy) is 1. The van der Waals surface area contributed by atoms with Crippen molar-refractivity contribution >= 4 is 11.0 Å². The molecule has 0 aliphatic heterocycles. The first kappa shape index (κ1) is 12.5. The molecule has 0 radical (unpaired) electrons. The molecule has 1 aromatic heterocycles. The Morgan fingerprint density at radius 1 is 1.00 bits per heavy atom. The Kier molecular flexibility index (Phi) is 3.03. The van der Waals surface area contributed by atoms with Crippen LogP contribution in [-0.4, -0.2) is 7.11 Å². The first-order chi connectivity index (χ1) is 9.72. The summed E-state index contributed by atoms with van der Waals surface area (Å²) >= 11 is 0. The lowest BCUT2D eigenvalue weighted by Gasteiger charge is -2.09. The molecule has 0 atom stereocenters. The number of hydrogen-bond acceptors (Lipinski definition) is 3. The SMILES string of the molecule is COc1c(-c2ccccc2)oc2cccc(C)c2c1=O. The Morgan fingerprint density at radius 3 is 2.45 bits per heavy atom. The zero-order chi connectivity index (χ0) is 14.1. The molecule has 2 aromatic carbocycles. The van der Waals surface area contributed by atoms with E-state index in [-0.39, 0.29) is 11.2 Å². The summed E-state index contributed by atoms with van der Waals surface area (Å²) in [4.78, 5) is 12.6. The number of benzene rings is 2. The zero-order valence-corrected chi connectivity index (χ0v) is 11.3. The fraction of sp³-hybridized carbons (Fsp3) is 0.118. The third-order valence-electron chi connectivity index (χ3n) is 3.33. The Balaban J connectivity index is 2.42. The van der Waals surface area contributed by atoms with Gasteiger partial charge in [-0.3, -0.25) is 4.79 Å². The summed E-state index contributed by atoms with van der Waals surface area (Å²) in [5, 5.41) is 0.573. The predicted molar refractivity (Wildman–Crippen MR) is 79.2 cm³/mol. The lowest BCUT2D eigenvalue weighted by atomic mass is 10.1. The van der Waals surface area contributed by atoms with Crippen LogP contribution in [0.2, 0.25) is 0 Å². The lowest BCUT2D eigenvalue weighted by Crippen LogP contribution is -2.08. The van der Waals surface area contributed by atoms with Gasteiger partial charge in [0.05, 0.1) is 12.5 Å². The van der Waals surface area contributed by atoms with Crippen LogP contribution in [0.25, 0.3) is 22.3 Å². The molecule has 3 nitrogen and oxygen atoms in total. The van der Waals surface area contributed by atoms with Crippen LogP contribution in [-0.2, 0) is 0 Å². The van der Waals surface area contributed by atoms with Crippen molar-refractivity contribution in [1.29, 1.82) is 0 Å². The smallest absolute Gasteiger partial charge is 0.235 e. The monoisotopic (exact) mass is 266 g/mol. The average molecular weight is 266 g/mol. The van der Waals surface area contributed by atoms with E-state index >= 15 is 0 Å². The summed E-state index contributed by atoms with van der Waals surface area (Å²) in [5.74, 6) is 0.717. The van der Waals surface area contributed by atoms with Crippen molar-refractivity contribution in [1.82, 2.24) is 0 Å². The van der Waals surface area contributed by atoms with Crippen LogP contribution < -0.4 is 10.2 Å². The molecular formula is C17H14O3. The molecular weight excluding hydrogens is 252 g/mol. The highest BCUT2D eigenvalue weighted by molar-refractivity contribution is 5.84. The molecule has 3 rings (SSSR count). The van der Waals surface area contributed by atoms with Crippen molar-refractivity contribution in [2.45, 2.75) is 6.92 Å². The molecule has 0 fully saturated rings. The van der Waals surface area contributed by atoms with Crippen LogP contribution in [0.15, 0.2) is 57.7 Å². The van der Waals surface area contributed by atoms with E-state index < -0.39 is 0 Å². The summed E-state index contributed by atoms with van der Waals surface area (Å²) in [7, 11) is 1.49. The molecule has 20 heavy (non-hydrogen) atoms. The van der Waals surface area contributed by atoms with Gasteiger partial charge in [-0.2, -0.15) is 0 Å². The maximum atomic E-state index is 12.6. The molecule has 3 aromatic rings. The Hall–Kier alpha value is -2.55. The highest BCUT2D eigenvalue weighted by atomic mass is 16.5.